The summed E-state index contributed by atoms with van der Waals surface area (Å²) in [4.78, 5) is 37.5. The summed E-state index contributed by atoms with van der Waals surface area (Å²) in [6.45, 7) is 10.9. The van der Waals surface area contributed by atoms with Crippen molar-refractivity contribution in [3.8, 4) is 0 Å². The number of ketones is 1. The Morgan fingerprint density at radius 2 is 1.71 bits per heavy atom. The van der Waals surface area contributed by atoms with Crippen LogP contribution in [0.2, 0.25) is 0 Å². The van der Waals surface area contributed by atoms with Crippen molar-refractivity contribution < 1.29 is 23.9 Å². The molecule has 0 aromatic carbocycles. The van der Waals surface area contributed by atoms with Gasteiger partial charge in [0.15, 0.2) is 0 Å². The minimum absolute atomic E-state index is 0.0330. The third kappa shape index (κ3) is 4.13. The van der Waals surface area contributed by atoms with Gasteiger partial charge in [0, 0.05) is 25.2 Å². The van der Waals surface area contributed by atoms with Gasteiger partial charge in [-0.25, -0.2) is 0 Å². The SMILES string of the molecule is CC[C@@H]1C(=O)C2C3CCC([C@H](C)CCC(=O)OC)[C@@]3(C)CCC2[C@@]2(C)CC[C@@H](OC(C)=O)C[C@@H]12. The van der Waals surface area contributed by atoms with Gasteiger partial charge in [0.05, 0.1) is 7.11 Å². The van der Waals surface area contributed by atoms with Crippen LogP contribution in [-0.4, -0.2) is 30.9 Å². The molecule has 0 N–H and O–H groups in total. The van der Waals surface area contributed by atoms with Crippen LogP contribution in [0.15, 0.2) is 0 Å². The fourth-order valence-corrected chi connectivity index (χ4v) is 9.59. The highest BCUT2D eigenvalue weighted by Crippen LogP contribution is 2.68. The fourth-order valence-electron chi connectivity index (χ4n) is 9.59. The number of hydrogen-bond donors (Lipinski definition) is 0. The van der Waals surface area contributed by atoms with E-state index in [-0.39, 0.29) is 40.7 Å². The number of carbonyl (C=O) groups is 3. The second-order valence-corrected chi connectivity index (χ2v) is 12.6. The van der Waals surface area contributed by atoms with Gasteiger partial charge in [0.25, 0.3) is 0 Å². The molecule has 5 nitrogen and oxygen atoms in total. The number of carbonyl (C=O) groups excluding carboxylic acids is 3. The minimum Gasteiger partial charge on any atom is -0.469 e. The summed E-state index contributed by atoms with van der Waals surface area (Å²) in [6, 6.07) is 0. The molecular formula is C29H46O5. The van der Waals surface area contributed by atoms with Crippen LogP contribution in [0.3, 0.4) is 0 Å². The van der Waals surface area contributed by atoms with Gasteiger partial charge in [0.1, 0.15) is 11.9 Å². The van der Waals surface area contributed by atoms with Crippen molar-refractivity contribution in [2.24, 2.45) is 52.3 Å². The molecule has 34 heavy (non-hydrogen) atoms. The summed E-state index contributed by atoms with van der Waals surface area (Å²) in [5.41, 5.74) is 0.342. The van der Waals surface area contributed by atoms with Crippen LogP contribution in [-0.2, 0) is 23.9 Å². The largest absolute Gasteiger partial charge is 0.469 e. The molecule has 4 saturated carbocycles. The van der Waals surface area contributed by atoms with Crippen LogP contribution in [0.1, 0.15) is 98.8 Å². The van der Waals surface area contributed by atoms with Crippen molar-refractivity contribution in [1.29, 1.82) is 0 Å². The van der Waals surface area contributed by atoms with Crippen molar-refractivity contribution >= 4 is 17.7 Å². The molecule has 5 heteroatoms. The zero-order valence-electron chi connectivity index (χ0n) is 22.2. The third-order valence-electron chi connectivity index (χ3n) is 11.2. The van der Waals surface area contributed by atoms with Crippen LogP contribution < -0.4 is 0 Å². The van der Waals surface area contributed by atoms with Crippen LogP contribution in [0.4, 0.5) is 0 Å². The zero-order chi connectivity index (χ0) is 24.8. The Hall–Kier alpha value is -1.39. The van der Waals surface area contributed by atoms with Gasteiger partial charge < -0.3 is 9.47 Å². The van der Waals surface area contributed by atoms with E-state index in [2.05, 4.69) is 27.7 Å². The van der Waals surface area contributed by atoms with Crippen LogP contribution >= 0.6 is 0 Å². The average molecular weight is 475 g/mol. The third-order valence-corrected chi connectivity index (χ3v) is 11.2. The van der Waals surface area contributed by atoms with Gasteiger partial charge in [-0.3, -0.25) is 14.4 Å². The molecule has 4 rings (SSSR count). The molecule has 4 aliphatic carbocycles. The second-order valence-electron chi connectivity index (χ2n) is 12.6. The molecule has 0 heterocycles. The molecule has 0 aromatic heterocycles. The van der Waals surface area contributed by atoms with E-state index in [0.717, 1.165) is 44.9 Å². The molecule has 0 aliphatic heterocycles. The number of rotatable bonds is 6. The first-order chi connectivity index (χ1) is 16.1. The van der Waals surface area contributed by atoms with Crippen molar-refractivity contribution in [2.45, 2.75) is 105 Å². The number of methoxy groups -OCH3 is 1. The monoisotopic (exact) mass is 474 g/mol. The van der Waals surface area contributed by atoms with Crippen molar-refractivity contribution in [1.82, 2.24) is 0 Å². The Bertz CT molecular complexity index is 806. The molecule has 0 spiro atoms. The molecule has 0 amide bonds. The van der Waals surface area contributed by atoms with E-state index < -0.39 is 0 Å². The molecule has 10 atom stereocenters. The fraction of sp³-hybridized carbons (Fsp3) is 0.897. The normalized spacial score (nSPS) is 44.4. The van der Waals surface area contributed by atoms with Gasteiger partial charge in [0.2, 0.25) is 0 Å². The smallest absolute Gasteiger partial charge is 0.305 e. The highest BCUT2D eigenvalue weighted by Gasteiger charge is 2.65. The first-order valence-corrected chi connectivity index (χ1v) is 13.8. The van der Waals surface area contributed by atoms with E-state index in [1.807, 2.05) is 0 Å². The lowest BCUT2D eigenvalue weighted by molar-refractivity contribution is -0.178. The maximum Gasteiger partial charge on any atom is 0.305 e. The van der Waals surface area contributed by atoms with Crippen LogP contribution in [0.25, 0.3) is 0 Å². The lowest BCUT2D eigenvalue weighted by Crippen LogP contribution is -2.60. The first kappa shape index (κ1) is 25.7. The van der Waals surface area contributed by atoms with Gasteiger partial charge in [-0.2, -0.15) is 0 Å². The van der Waals surface area contributed by atoms with E-state index in [9.17, 15) is 14.4 Å². The number of esters is 2. The Kier molecular flexibility index (Phi) is 7.24. The molecule has 4 fully saturated rings. The van der Waals surface area contributed by atoms with E-state index in [4.69, 9.17) is 9.47 Å². The summed E-state index contributed by atoms with van der Waals surface area (Å²) < 4.78 is 10.5. The maximum absolute atomic E-state index is 14.2. The highest BCUT2D eigenvalue weighted by atomic mass is 16.5. The molecule has 0 radical (unpaired) electrons. The maximum atomic E-state index is 14.2. The summed E-state index contributed by atoms with van der Waals surface area (Å²) in [5, 5.41) is 0. The molecular weight excluding hydrogens is 428 g/mol. The lowest BCUT2D eigenvalue weighted by atomic mass is 9.42. The molecule has 0 bridgehead atoms. The predicted octanol–water partition coefficient (Wildman–Crippen LogP) is 5.98. The first-order valence-electron chi connectivity index (χ1n) is 13.8. The molecule has 4 aliphatic rings. The van der Waals surface area contributed by atoms with Gasteiger partial charge in [-0.05, 0) is 98.2 Å². The Balaban J connectivity index is 1.57. The van der Waals surface area contributed by atoms with Crippen LogP contribution in [0, 0.1) is 52.3 Å². The molecule has 0 aromatic rings. The number of hydrogen-bond acceptors (Lipinski definition) is 5. The van der Waals surface area contributed by atoms with E-state index >= 15 is 0 Å². The second kappa shape index (κ2) is 9.58. The Morgan fingerprint density at radius 3 is 2.35 bits per heavy atom. The average Bonchev–Trinajstić information content (AvgIpc) is 3.15. The van der Waals surface area contributed by atoms with E-state index in [0.29, 0.717) is 41.8 Å². The number of ether oxygens (including phenoxy) is 2. The Labute approximate surface area is 206 Å². The number of fused-ring (bicyclic) bond motifs is 5. The standard InChI is InChI=1S/C29H46O5/c1-7-20-24-16-19(34-18(3)30)12-14-29(24,5)23-13-15-28(4)21(17(2)8-11-25(31)33-6)9-10-22(28)26(23)27(20)32/h17,19-24,26H,7-16H2,1-6H3/t17-,19-,20+,21?,22?,23?,24+,26?,28-,29-/m1/s1. The summed E-state index contributed by atoms with van der Waals surface area (Å²) >= 11 is 0. The topological polar surface area (TPSA) is 69.7 Å². The van der Waals surface area contributed by atoms with E-state index in [1.165, 1.54) is 26.9 Å². The molecule has 4 unspecified atom stereocenters. The quantitative estimate of drug-likeness (QED) is 0.443. The number of Topliss-reactive ketones (excluding diaryl/α,β-unsaturated/α-hetero) is 1. The van der Waals surface area contributed by atoms with Gasteiger partial charge in [-0.15, -0.1) is 0 Å². The van der Waals surface area contributed by atoms with Crippen molar-refractivity contribution in [3.05, 3.63) is 0 Å². The molecule has 192 valence electrons. The summed E-state index contributed by atoms with van der Waals surface area (Å²) in [7, 11) is 1.47. The minimum atomic E-state index is -0.201. The Morgan fingerprint density at radius 1 is 1.03 bits per heavy atom. The summed E-state index contributed by atoms with van der Waals surface area (Å²) in [5.74, 6) is 2.73. The molecule has 0 saturated heterocycles. The predicted molar refractivity (Wildman–Crippen MR) is 131 cm³/mol. The lowest BCUT2D eigenvalue weighted by Gasteiger charge is -2.62. The van der Waals surface area contributed by atoms with Gasteiger partial charge in [-0.1, -0.05) is 27.7 Å². The van der Waals surface area contributed by atoms with Gasteiger partial charge >= 0.3 is 11.9 Å². The highest BCUT2D eigenvalue weighted by molar-refractivity contribution is 5.86. The summed E-state index contributed by atoms with van der Waals surface area (Å²) in [6.07, 6.45) is 9.67. The zero-order valence-corrected chi connectivity index (χ0v) is 22.2. The van der Waals surface area contributed by atoms with Crippen molar-refractivity contribution in [3.63, 3.8) is 0 Å². The van der Waals surface area contributed by atoms with Crippen LogP contribution in [0.5, 0.6) is 0 Å². The van der Waals surface area contributed by atoms with Crippen molar-refractivity contribution in [2.75, 3.05) is 7.11 Å². The van der Waals surface area contributed by atoms with E-state index in [1.54, 1.807) is 0 Å².